The first-order chi connectivity index (χ1) is 9.06. The lowest BCUT2D eigenvalue weighted by Crippen LogP contribution is -2.47. The fraction of sp³-hybridized carbons (Fsp3) is 0.462. The van der Waals surface area contributed by atoms with Crippen LogP contribution in [0.15, 0.2) is 17.0 Å². The van der Waals surface area contributed by atoms with Crippen molar-refractivity contribution in [1.29, 1.82) is 0 Å². The maximum Gasteiger partial charge on any atom is 0.324 e. The minimum atomic E-state index is -4.02. The number of carbonyl (C=O) groups is 1. The average molecular weight is 301 g/mol. The molecular formula is C13H19NO5S. The van der Waals surface area contributed by atoms with Crippen LogP contribution in [0, 0.1) is 20.8 Å². The highest BCUT2D eigenvalue weighted by molar-refractivity contribution is 7.89. The highest BCUT2D eigenvalue weighted by atomic mass is 32.2. The molecule has 0 spiro atoms. The van der Waals surface area contributed by atoms with E-state index in [1.165, 1.54) is 6.92 Å². The second kappa shape index (κ2) is 5.90. The fourth-order valence-electron chi connectivity index (χ4n) is 2.17. The van der Waals surface area contributed by atoms with E-state index in [2.05, 4.69) is 0 Å². The molecule has 0 bridgehead atoms. The van der Waals surface area contributed by atoms with Gasteiger partial charge in [0.25, 0.3) is 0 Å². The van der Waals surface area contributed by atoms with Crippen molar-refractivity contribution in [3.05, 3.63) is 28.8 Å². The Morgan fingerprint density at radius 1 is 1.20 bits per heavy atom. The van der Waals surface area contributed by atoms with Crippen molar-refractivity contribution < 1.29 is 23.4 Å². The molecule has 20 heavy (non-hydrogen) atoms. The summed E-state index contributed by atoms with van der Waals surface area (Å²) in [4.78, 5) is 11.0. The van der Waals surface area contributed by atoms with Crippen molar-refractivity contribution in [3.8, 4) is 0 Å². The summed E-state index contributed by atoms with van der Waals surface area (Å²) in [6.45, 7) is 6.36. The van der Waals surface area contributed by atoms with Crippen LogP contribution in [0.1, 0.15) is 23.6 Å². The molecule has 0 aromatic heterocycles. The molecule has 0 fully saturated rings. The molecule has 1 aromatic carbocycles. The van der Waals surface area contributed by atoms with Gasteiger partial charge >= 0.3 is 5.97 Å². The summed E-state index contributed by atoms with van der Waals surface area (Å²) < 4.78 is 26.7. The Kier molecular flexibility index (Phi) is 4.90. The molecule has 0 amide bonds. The molecule has 0 radical (unpaired) electrons. The van der Waals surface area contributed by atoms with Crippen LogP contribution in [0.5, 0.6) is 0 Å². The van der Waals surface area contributed by atoms with Crippen LogP contribution in [0.3, 0.4) is 0 Å². The van der Waals surface area contributed by atoms with Gasteiger partial charge in [-0.2, -0.15) is 4.72 Å². The predicted molar refractivity (Wildman–Crippen MR) is 74.1 cm³/mol. The number of hydrogen-bond donors (Lipinski definition) is 3. The summed E-state index contributed by atoms with van der Waals surface area (Å²) in [6.07, 6.45) is -1.34. The van der Waals surface area contributed by atoms with Gasteiger partial charge in [-0.05, 0) is 38.8 Å². The van der Waals surface area contributed by atoms with Crippen LogP contribution in [-0.2, 0) is 14.8 Å². The number of rotatable bonds is 5. The first-order valence-electron chi connectivity index (χ1n) is 6.07. The molecule has 0 heterocycles. The van der Waals surface area contributed by atoms with Gasteiger partial charge in [-0.15, -0.1) is 0 Å². The van der Waals surface area contributed by atoms with E-state index in [9.17, 15) is 18.3 Å². The minimum absolute atomic E-state index is 0.0509. The largest absolute Gasteiger partial charge is 0.480 e. The molecule has 0 aliphatic rings. The fourth-order valence-corrected chi connectivity index (χ4v) is 3.89. The van der Waals surface area contributed by atoms with E-state index < -0.39 is 28.1 Å². The number of carboxylic acid groups (broad SMARTS) is 1. The number of aliphatic carboxylic acids is 1. The molecule has 1 aromatic rings. The third kappa shape index (κ3) is 3.56. The average Bonchev–Trinajstić information content (AvgIpc) is 2.23. The van der Waals surface area contributed by atoms with Gasteiger partial charge in [-0.1, -0.05) is 17.7 Å². The van der Waals surface area contributed by atoms with Crippen molar-refractivity contribution >= 4 is 16.0 Å². The summed E-state index contributed by atoms with van der Waals surface area (Å²) in [5, 5.41) is 18.3. The number of aliphatic hydroxyl groups is 1. The van der Waals surface area contributed by atoms with Crippen LogP contribution < -0.4 is 4.72 Å². The smallest absolute Gasteiger partial charge is 0.324 e. The Morgan fingerprint density at radius 3 is 2.00 bits per heavy atom. The third-order valence-electron chi connectivity index (χ3n) is 2.90. The quantitative estimate of drug-likeness (QED) is 0.743. The number of aliphatic hydroxyl groups excluding tert-OH is 1. The van der Waals surface area contributed by atoms with Gasteiger partial charge in [0.05, 0.1) is 11.0 Å². The maximum atomic E-state index is 12.3. The maximum absolute atomic E-state index is 12.3. The van der Waals surface area contributed by atoms with Crippen LogP contribution >= 0.6 is 0 Å². The molecule has 0 aliphatic carbocycles. The van der Waals surface area contributed by atoms with Gasteiger partial charge in [0.2, 0.25) is 10.0 Å². The molecule has 112 valence electrons. The molecule has 2 unspecified atom stereocenters. The van der Waals surface area contributed by atoms with Crippen molar-refractivity contribution in [1.82, 2.24) is 4.72 Å². The van der Waals surface area contributed by atoms with E-state index in [0.29, 0.717) is 11.1 Å². The van der Waals surface area contributed by atoms with Crippen LogP contribution in [0.2, 0.25) is 0 Å². The number of aryl methyl sites for hydroxylation is 3. The summed E-state index contributed by atoms with van der Waals surface area (Å²) in [5.41, 5.74) is 1.98. The van der Waals surface area contributed by atoms with Crippen molar-refractivity contribution in [2.45, 2.75) is 44.7 Å². The highest BCUT2D eigenvalue weighted by Gasteiger charge is 2.30. The van der Waals surface area contributed by atoms with Crippen molar-refractivity contribution in [3.63, 3.8) is 0 Å². The van der Waals surface area contributed by atoms with Crippen LogP contribution in [-0.4, -0.2) is 36.7 Å². The van der Waals surface area contributed by atoms with E-state index in [0.717, 1.165) is 5.56 Å². The van der Waals surface area contributed by atoms with E-state index in [1.54, 1.807) is 26.0 Å². The third-order valence-corrected chi connectivity index (χ3v) is 4.65. The van der Waals surface area contributed by atoms with Crippen LogP contribution in [0.4, 0.5) is 0 Å². The molecule has 0 aliphatic heterocycles. The van der Waals surface area contributed by atoms with Gasteiger partial charge in [-0.25, -0.2) is 8.42 Å². The first-order valence-corrected chi connectivity index (χ1v) is 7.55. The van der Waals surface area contributed by atoms with Crippen LogP contribution in [0.25, 0.3) is 0 Å². The Hall–Kier alpha value is -1.44. The lowest BCUT2D eigenvalue weighted by Gasteiger charge is -2.19. The molecular weight excluding hydrogens is 282 g/mol. The summed E-state index contributed by atoms with van der Waals surface area (Å²) in [5.74, 6) is -1.43. The molecule has 0 saturated carbocycles. The second-order valence-corrected chi connectivity index (χ2v) is 6.56. The van der Waals surface area contributed by atoms with Gasteiger partial charge in [0.15, 0.2) is 0 Å². The molecule has 2 atom stereocenters. The predicted octanol–water partition coefficient (Wildman–Crippen LogP) is 0.724. The summed E-state index contributed by atoms with van der Waals surface area (Å²) >= 11 is 0. The molecule has 1 rings (SSSR count). The zero-order chi connectivity index (χ0) is 15.7. The number of benzene rings is 1. The Balaban J connectivity index is 3.28. The normalized spacial score (nSPS) is 14.8. The topological polar surface area (TPSA) is 104 Å². The monoisotopic (exact) mass is 301 g/mol. The number of nitrogens with one attached hydrogen (secondary N) is 1. The Morgan fingerprint density at radius 2 is 1.65 bits per heavy atom. The lowest BCUT2D eigenvalue weighted by atomic mass is 10.1. The van der Waals surface area contributed by atoms with E-state index >= 15 is 0 Å². The second-order valence-electron chi connectivity index (χ2n) is 4.91. The van der Waals surface area contributed by atoms with E-state index in [-0.39, 0.29) is 4.90 Å². The van der Waals surface area contributed by atoms with Crippen molar-refractivity contribution in [2.24, 2.45) is 0 Å². The standard InChI is InChI=1S/C13H19NO5S/c1-7-5-8(2)12(9(3)6-7)20(18,19)14-11(10(4)15)13(16)17/h5-6,10-11,14-15H,1-4H3,(H,16,17). The van der Waals surface area contributed by atoms with Gasteiger partial charge in [-0.3, -0.25) is 4.79 Å². The minimum Gasteiger partial charge on any atom is -0.480 e. The van der Waals surface area contributed by atoms with Gasteiger partial charge < -0.3 is 10.2 Å². The number of sulfonamides is 1. The molecule has 6 nitrogen and oxygen atoms in total. The highest BCUT2D eigenvalue weighted by Crippen LogP contribution is 2.22. The summed E-state index contributed by atoms with van der Waals surface area (Å²) in [7, 11) is -4.02. The van der Waals surface area contributed by atoms with Gasteiger partial charge in [0, 0.05) is 0 Å². The summed E-state index contributed by atoms with van der Waals surface area (Å²) in [6, 6.07) is 1.83. The van der Waals surface area contributed by atoms with E-state index in [1.807, 2.05) is 11.6 Å². The number of hydrogen-bond acceptors (Lipinski definition) is 4. The zero-order valence-corrected chi connectivity index (χ0v) is 12.7. The molecule has 0 saturated heterocycles. The zero-order valence-electron chi connectivity index (χ0n) is 11.8. The molecule has 3 N–H and O–H groups in total. The SMILES string of the molecule is Cc1cc(C)c(S(=O)(=O)NC(C(=O)O)C(C)O)c(C)c1. The number of carboxylic acids is 1. The first kappa shape index (κ1) is 16.6. The lowest BCUT2D eigenvalue weighted by molar-refractivity contribution is -0.141. The van der Waals surface area contributed by atoms with E-state index in [4.69, 9.17) is 5.11 Å². The molecule has 7 heteroatoms. The Bertz CT molecular complexity index is 599. The Labute approximate surface area is 118 Å². The van der Waals surface area contributed by atoms with Crippen molar-refractivity contribution in [2.75, 3.05) is 0 Å². The van der Waals surface area contributed by atoms with Gasteiger partial charge in [0.1, 0.15) is 6.04 Å².